The van der Waals surface area contributed by atoms with Crippen molar-refractivity contribution in [3.8, 4) is 23.3 Å². The molecule has 164 valence electrons. The number of rotatable bonds is 9. The molecule has 0 fully saturated rings. The van der Waals surface area contributed by atoms with Crippen LogP contribution in [-0.2, 0) is 6.54 Å². The second-order valence-corrected chi connectivity index (χ2v) is 11.2. The van der Waals surface area contributed by atoms with Crippen LogP contribution in [0.4, 0.5) is 0 Å². The molecule has 0 amide bonds. The van der Waals surface area contributed by atoms with Crippen molar-refractivity contribution in [2.45, 2.75) is 53.3 Å². The Balaban J connectivity index is 1.97. The van der Waals surface area contributed by atoms with E-state index in [1.54, 1.807) is 12.1 Å². The number of likely N-dealkylation sites (N-methyl/N-ethyl adjacent to an activating group) is 1. The largest absolute Gasteiger partial charge is 0.508 e. The summed E-state index contributed by atoms with van der Waals surface area (Å²) in [5.41, 5.74) is 1.27. The van der Waals surface area contributed by atoms with Gasteiger partial charge in [-0.15, -0.1) is 0 Å². The maximum atomic E-state index is 9.48. The lowest BCUT2D eigenvalue weighted by Crippen LogP contribution is -2.42. The lowest BCUT2D eigenvalue weighted by Gasteiger charge is -2.26. The molecule has 2 rings (SSSR count). The highest BCUT2D eigenvalue weighted by molar-refractivity contribution is 6.56. The van der Waals surface area contributed by atoms with Crippen molar-refractivity contribution in [2.24, 2.45) is 5.41 Å². The van der Waals surface area contributed by atoms with Gasteiger partial charge < -0.3 is 9.84 Å². The van der Waals surface area contributed by atoms with E-state index in [1.165, 1.54) is 5.56 Å². The van der Waals surface area contributed by atoms with Gasteiger partial charge in [-0.25, -0.2) is 0 Å². The second kappa shape index (κ2) is 11.2. The Kier molecular flexibility index (Phi) is 8.97. The first-order valence-electron chi connectivity index (χ1n) is 10.8. The van der Waals surface area contributed by atoms with Crippen LogP contribution in [0.1, 0.15) is 47.1 Å². The zero-order valence-electron chi connectivity index (χ0n) is 19.7. The highest BCUT2D eigenvalue weighted by Gasteiger charge is 2.22. The minimum absolute atomic E-state index is 0.0336. The van der Waals surface area contributed by atoms with Crippen LogP contribution >= 0.6 is 0 Å². The van der Waals surface area contributed by atoms with Gasteiger partial charge in [-0.3, -0.25) is 4.90 Å². The molecule has 0 aromatic heterocycles. The van der Waals surface area contributed by atoms with Crippen LogP contribution in [0.15, 0.2) is 60.7 Å². The molecule has 0 bridgehead atoms. The van der Waals surface area contributed by atoms with Crippen LogP contribution in [0.5, 0.6) is 11.5 Å². The Morgan fingerprint density at radius 2 is 1.77 bits per heavy atom. The fourth-order valence-corrected chi connectivity index (χ4v) is 4.20. The minimum Gasteiger partial charge on any atom is -0.508 e. The molecule has 4 heteroatoms. The molecule has 31 heavy (non-hydrogen) atoms. The van der Waals surface area contributed by atoms with E-state index in [1.807, 2.05) is 24.3 Å². The zero-order chi connectivity index (χ0) is 22.9. The third-order valence-corrected chi connectivity index (χ3v) is 5.78. The number of phenolic OH excluding ortho intramolecular Hbond substituents is 1. The average molecular weight is 434 g/mol. The Labute approximate surface area is 191 Å². The molecule has 0 aliphatic carbocycles. The molecular formula is C27H35NO2Si. The number of aromatic hydroxyl groups is 1. The number of nitrogens with zero attached hydrogens (tertiary/aromatic N) is 1. The molecule has 2 aromatic rings. The number of allylic oxidation sites excluding steroid dienone is 1. The van der Waals surface area contributed by atoms with Gasteiger partial charge in [0, 0.05) is 18.5 Å². The van der Waals surface area contributed by atoms with E-state index in [0.29, 0.717) is 9.52 Å². The van der Waals surface area contributed by atoms with Gasteiger partial charge in [0.2, 0.25) is 0 Å². The molecule has 0 saturated heterocycles. The lowest BCUT2D eigenvalue weighted by molar-refractivity contribution is 0.195. The summed E-state index contributed by atoms with van der Waals surface area (Å²) >= 11 is 0. The SMILES string of the molecule is CCN(CC=CC#CC(C)(C)C)Cc1cccc(OC(C)(C)[Si]c2ccc(O)cc2)c1. The summed E-state index contributed by atoms with van der Waals surface area (Å²) in [5, 5.41) is 10.3. The Morgan fingerprint density at radius 1 is 1.06 bits per heavy atom. The number of hydrogen-bond acceptors (Lipinski definition) is 3. The van der Waals surface area contributed by atoms with Crippen LogP contribution in [0.2, 0.25) is 0 Å². The van der Waals surface area contributed by atoms with Crippen LogP contribution in [0.25, 0.3) is 0 Å². The van der Waals surface area contributed by atoms with E-state index >= 15 is 0 Å². The minimum atomic E-state index is -0.325. The molecule has 2 aromatic carbocycles. The topological polar surface area (TPSA) is 32.7 Å². The van der Waals surface area contributed by atoms with Crippen molar-refractivity contribution in [3.63, 3.8) is 0 Å². The predicted molar refractivity (Wildman–Crippen MR) is 132 cm³/mol. The van der Waals surface area contributed by atoms with E-state index < -0.39 is 0 Å². The van der Waals surface area contributed by atoms with E-state index in [2.05, 4.69) is 82.6 Å². The van der Waals surface area contributed by atoms with Crippen molar-refractivity contribution in [1.82, 2.24) is 4.90 Å². The summed E-state index contributed by atoms with van der Waals surface area (Å²) in [6, 6.07) is 15.7. The average Bonchev–Trinajstić information content (AvgIpc) is 2.67. The summed E-state index contributed by atoms with van der Waals surface area (Å²) in [7, 11) is 0.475. The summed E-state index contributed by atoms with van der Waals surface area (Å²) in [4.78, 5) is 2.37. The number of phenols is 1. The summed E-state index contributed by atoms with van der Waals surface area (Å²) in [6.45, 7) is 15.4. The summed E-state index contributed by atoms with van der Waals surface area (Å²) in [5.74, 6) is 7.54. The van der Waals surface area contributed by atoms with Gasteiger partial charge in [0.05, 0.1) is 5.22 Å². The number of benzene rings is 2. The Morgan fingerprint density at radius 3 is 2.42 bits per heavy atom. The zero-order valence-corrected chi connectivity index (χ0v) is 20.7. The quantitative estimate of drug-likeness (QED) is 0.448. The molecule has 3 nitrogen and oxygen atoms in total. The van der Waals surface area contributed by atoms with Gasteiger partial charge in [-0.05, 0) is 77.1 Å². The monoisotopic (exact) mass is 433 g/mol. The standard InChI is InChI=1S/C27H35NO2Si/c1-7-28(19-10-8-9-18-26(2,3)4)21-22-12-11-13-24(20-22)30-27(5,6)31-25-16-14-23(29)15-17-25/h8,10-17,20,29H,7,19,21H2,1-6H3. The smallest absolute Gasteiger partial charge is 0.139 e. The molecule has 0 heterocycles. The fraction of sp³-hybridized carbons (Fsp3) is 0.407. The molecule has 0 spiro atoms. The van der Waals surface area contributed by atoms with Crippen molar-refractivity contribution in [2.75, 3.05) is 13.1 Å². The molecule has 2 radical (unpaired) electrons. The third kappa shape index (κ3) is 9.91. The van der Waals surface area contributed by atoms with Crippen molar-refractivity contribution < 1.29 is 9.84 Å². The van der Waals surface area contributed by atoms with E-state index in [-0.39, 0.29) is 16.4 Å². The van der Waals surface area contributed by atoms with Crippen molar-refractivity contribution in [3.05, 3.63) is 66.2 Å². The Bertz CT molecular complexity index is 915. The molecule has 0 atom stereocenters. The van der Waals surface area contributed by atoms with Crippen LogP contribution < -0.4 is 9.92 Å². The first-order chi connectivity index (χ1) is 14.6. The van der Waals surface area contributed by atoms with Gasteiger partial charge in [0.15, 0.2) is 0 Å². The van der Waals surface area contributed by atoms with Gasteiger partial charge in [-0.1, -0.05) is 54.3 Å². The highest BCUT2D eigenvalue weighted by atomic mass is 28.2. The number of hydrogen-bond donors (Lipinski definition) is 1. The summed E-state index contributed by atoms with van der Waals surface area (Å²) < 4.78 is 6.34. The molecule has 0 aliphatic rings. The van der Waals surface area contributed by atoms with E-state index in [0.717, 1.165) is 30.6 Å². The van der Waals surface area contributed by atoms with Crippen LogP contribution in [-0.4, -0.2) is 37.8 Å². The molecule has 0 unspecified atom stereocenters. The van der Waals surface area contributed by atoms with E-state index in [4.69, 9.17) is 4.74 Å². The van der Waals surface area contributed by atoms with Crippen molar-refractivity contribution in [1.29, 1.82) is 0 Å². The maximum Gasteiger partial charge on any atom is 0.139 e. The first kappa shape index (κ1) is 24.8. The molecular weight excluding hydrogens is 398 g/mol. The van der Waals surface area contributed by atoms with Crippen LogP contribution in [0, 0.1) is 17.3 Å². The maximum absolute atomic E-state index is 9.48. The first-order valence-corrected chi connectivity index (χ1v) is 11.8. The highest BCUT2D eigenvalue weighted by Crippen LogP contribution is 2.20. The molecule has 0 aliphatic heterocycles. The van der Waals surface area contributed by atoms with Gasteiger partial charge in [0.1, 0.15) is 21.0 Å². The predicted octanol–water partition coefficient (Wildman–Crippen LogP) is 4.96. The van der Waals surface area contributed by atoms with Gasteiger partial charge >= 0.3 is 0 Å². The van der Waals surface area contributed by atoms with E-state index in [9.17, 15) is 5.11 Å². The van der Waals surface area contributed by atoms with Gasteiger partial charge in [-0.2, -0.15) is 0 Å². The van der Waals surface area contributed by atoms with Crippen LogP contribution in [0.3, 0.4) is 0 Å². The molecule has 1 N–H and O–H groups in total. The number of ether oxygens (including phenoxy) is 1. The Hall–Kier alpha value is -2.48. The fourth-order valence-electron chi connectivity index (χ4n) is 3.00. The third-order valence-electron chi connectivity index (χ3n) is 4.45. The van der Waals surface area contributed by atoms with Crippen molar-refractivity contribution >= 4 is 14.7 Å². The second-order valence-electron chi connectivity index (χ2n) is 9.18. The molecule has 0 saturated carbocycles. The summed E-state index contributed by atoms with van der Waals surface area (Å²) in [6.07, 6.45) is 4.09. The lowest BCUT2D eigenvalue weighted by atomic mass is 9.98. The normalized spacial score (nSPS) is 12.1. The van der Waals surface area contributed by atoms with Gasteiger partial charge in [0.25, 0.3) is 0 Å².